The molecule has 1 heterocycles. The van der Waals surface area contributed by atoms with Crippen molar-refractivity contribution in [2.24, 2.45) is 7.05 Å². The molecule has 0 aromatic carbocycles. The predicted molar refractivity (Wildman–Crippen MR) is 55.9 cm³/mol. The number of nitrogens with zero attached hydrogens (tertiary/aromatic N) is 2. The smallest absolute Gasteiger partial charge is 0.354 e. The summed E-state index contributed by atoms with van der Waals surface area (Å²) in [5.74, 6) is -2.00. The maximum atomic E-state index is 13.6. The molecule has 0 radical (unpaired) electrons. The van der Waals surface area contributed by atoms with Crippen LogP contribution in [-0.4, -0.2) is 20.6 Å². The number of rotatable bonds is 2. The van der Waals surface area contributed by atoms with Crippen molar-refractivity contribution in [1.82, 2.24) is 9.55 Å². The molecule has 0 spiro atoms. The lowest BCUT2D eigenvalue weighted by Gasteiger charge is -2.14. The van der Waals surface area contributed by atoms with Crippen molar-refractivity contribution in [2.75, 3.05) is 0 Å². The molecule has 1 N–H and O–H groups in total. The van der Waals surface area contributed by atoms with Crippen LogP contribution in [0.2, 0.25) is 0 Å². The molecule has 84 valence electrons. The van der Waals surface area contributed by atoms with E-state index < -0.39 is 11.9 Å². The normalized spacial score (nSPS) is 19.6. The van der Waals surface area contributed by atoms with E-state index in [0.29, 0.717) is 6.42 Å². The number of allylic oxidation sites excluding steroid dienone is 4. The molecule has 1 aromatic heterocycles. The van der Waals surface area contributed by atoms with E-state index in [1.54, 1.807) is 19.2 Å². The summed E-state index contributed by atoms with van der Waals surface area (Å²) in [6, 6.07) is 0. The standard InChI is InChI=1S/C11H11FN2O2/c1-14-6-13-9(10(14)11(15)16)7-4-2-3-5-8(7)12/h2-3,5-7H,4H2,1H3,(H,15,16). The zero-order valence-corrected chi connectivity index (χ0v) is 8.72. The lowest BCUT2D eigenvalue weighted by atomic mass is 9.94. The number of aryl methyl sites for hydroxylation is 1. The van der Waals surface area contributed by atoms with Crippen LogP contribution in [-0.2, 0) is 7.05 Å². The fourth-order valence-corrected chi connectivity index (χ4v) is 1.81. The molecular weight excluding hydrogens is 211 g/mol. The second-order valence-electron chi connectivity index (χ2n) is 3.66. The third-order valence-corrected chi connectivity index (χ3v) is 2.59. The summed E-state index contributed by atoms with van der Waals surface area (Å²) in [6.07, 6.45) is 6.60. The van der Waals surface area contributed by atoms with Crippen LogP contribution < -0.4 is 0 Å². The number of imidazole rings is 1. The van der Waals surface area contributed by atoms with Gasteiger partial charge in [0.1, 0.15) is 5.83 Å². The lowest BCUT2D eigenvalue weighted by Crippen LogP contribution is -2.11. The molecule has 0 fully saturated rings. The van der Waals surface area contributed by atoms with E-state index in [4.69, 9.17) is 5.11 Å². The van der Waals surface area contributed by atoms with Crippen LogP contribution >= 0.6 is 0 Å². The average molecular weight is 222 g/mol. The van der Waals surface area contributed by atoms with Gasteiger partial charge in [-0.15, -0.1) is 0 Å². The summed E-state index contributed by atoms with van der Waals surface area (Å²) in [5, 5.41) is 9.03. The van der Waals surface area contributed by atoms with Crippen molar-refractivity contribution < 1.29 is 14.3 Å². The zero-order chi connectivity index (χ0) is 11.7. The molecule has 0 bridgehead atoms. The Hall–Kier alpha value is -1.91. The van der Waals surface area contributed by atoms with Crippen molar-refractivity contribution in [3.8, 4) is 0 Å². The summed E-state index contributed by atoms with van der Waals surface area (Å²) in [7, 11) is 1.58. The second kappa shape index (κ2) is 3.92. The summed E-state index contributed by atoms with van der Waals surface area (Å²) >= 11 is 0. The monoisotopic (exact) mass is 222 g/mol. The molecule has 5 heteroatoms. The molecule has 0 amide bonds. The van der Waals surface area contributed by atoms with Crippen molar-refractivity contribution >= 4 is 5.97 Å². The van der Waals surface area contributed by atoms with Crippen LogP contribution in [0.1, 0.15) is 28.5 Å². The van der Waals surface area contributed by atoms with E-state index in [1.807, 2.05) is 0 Å². The molecule has 16 heavy (non-hydrogen) atoms. The van der Waals surface area contributed by atoms with Gasteiger partial charge in [0.15, 0.2) is 5.69 Å². The predicted octanol–water partition coefficient (Wildman–Crippen LogP) is 2.02. The number of halogens is 1. The fraction of sp³-hybridized carbons (Fsp3) is 0.273. The quantitative estimate of drug-likeness (QED) is 0.832. The lowest BCUT2D eigenvalue weighted by molar-refractivity contribution is 0.0684. The molecule has 1 aliphatic carbocycles. The minimum atomic E-state index is -1.09. The summed E-state index contributed by atoms with van der Waals surface area (Å²) < 4.78 is 14.9. The van der Waals surface area contributed by atoms with Gasteiger partial charge in [0.2, 0.25) is 0 Å². The number of aromatic carboxylic acids is 1. The van der Waals surface area contributed by atoms with Gasteiger partial charge < -0.3 is 9.67 Å². The zero-order valence-electron chi connectivity index (χ0n) is 8.72. The first kappa shape index (κ1) is 10.6. The second-order valence-corrected chi connectivity index (χ2v) is 3.66. The SMILES string of the molecule is Cn1cnc(C2CC=CC=C2F)c1C(=O)O. The van der Waals surface area contributed by atoms with E-state index in [0.717, 1.165) is 0 Å². The molecule has 0 saturated carbocycles. The summed E-state index contributed by atoms with van der Waals surface area (Å²) in [4.78, 5) is 15.0. The highest BCUT2D eigenvalue weighted by Crippen LogP contribution is 2.32. The number of carbonyl (C=O) groups is 1. The van der Waals surface area contributed by atoms with Crippen molar-refractivity contribution in [3.05, 3.63) is 41.8 Å². The number of hydrogen-bond acceptors (Lipinski definition) is 2. The minimum Gasteiger partial charge on any atom is -0.477 e. The van der Waals surface area contributed by atoms with Crippen LogP contribution in [0.5, 0.6) is 0 Å². The Kier molecular flexibility index (Phi) is 2.60. The van der Waals surface area contributed by atoms with Gasteiger partial charge in [0.25, 0.3) is 0 Å². The van der Waals surface area contributed by atoms with Crippen LogP contribution in [0, 0.1) is 0 Å². The van der Waals surface area contributed by atoms with Gasteiger partial charge in [-0.1, -0.05) is 12.2 Å². The molecule has 4 nitrogen and oxygen atoms in total. The molecular formula is C11H11FN2O2. The van der Waals surface area contributed by atoms with E-state index in [2.05, 4.69) is 4.98 Å². The molecule has 1 atom stereocenters. The van der Waals surface area contributed by atoms with Crippen molar-refractivity contribution in [2.45, 2.75) is 12.3 Å². The van der Waals surface area contributed by atoms with E-state index >= 15 is 0 Å². The van der Waals surface area contributed by atoms with E-state index in [-0.39, 0.29) is 17.2 Å². The number of aromatic nitrogens is 2. The Morgan fingerprint density at radius 1 is 1.69 bits per heavy atom. The molecule has 0 aliphatic heterocycles. The van der Waals surface area contributed by atoms with Crippen LogP contribution in [0.15, 0.2) is 30.4 Å². The topological polar surface area (TPSA) is 55.1 Å². The van der Waals surface area contributed by atoms with Gasteiger partial charge in [0, 0.05) is 7.05 Å². The van der Waals surface area contributed by atoms with Gasteiger partial charge in [0.05, 0.1) is 17.9 Å². The highest BCUT2D eigenvalue weighted by molar-refractivity contribution is 5.87. The third-order valence-electron chi connectivity index (χ3n) is 2.59. The maximum absolute atomic E-state index is 13.6. The first-order chi connectivity index (χ1) is 7.61. The molecule has 2 rings (SSSR count). The first-order valence-corrected chi connectivity index (χ1v) is 4.88. The summed E-state index contributed by atoms with van der Waals surface area (Å²) in [6.45, 7) is 0. The molecule has 1 unspecified atom stereocenters. The van der Waals surface area contributed by atoms with Gasteiger partial charge in [-0.2, -0.15) is 0 Å². The Balaban J connectivity index is 2.45. The first-order valence-electron chi connectivity index (χ1n) is 4.88. The van der Waals surface area contributed by atoms with Gasteiger partial charge >= 0.3 is 5.97 Å². The minimum absolute atomic E-state index is 0.0452. The van der Waals surface area contributed by atoms with Gasteiger partial charge in [-0.05, 0) is 12.5 Å². The van der Waals surface area contributed by atoms with Gasteiger partial charge in [-0.3, -0.25) is 0 Å². The van der Waals surface area contributed by atoms with Crippen LogP contribution in [0.4, 0.5) is 4.39 Å². The molecule has 1 aromatic rings. The number of carboxylic acid groups (broad SMARTS) is 1. The van der Waals surface area contributed by atoms with E-state index in [9.17, 15) is 9.18 Å². The average Bonchev–Trinajstić information content (AvgIpc) is 2.61. The highest BCUT2D eigenvalue weighted by Gasteiger charge is 2.27. The summed E-state index contributed by atoms with van der Waals surface area (Å²) in [5.41, 5.74) is 0.331. The molecule has 1 aliphatic rings. The van der Waals surface area contributed by atoms with Crippen molar-refractivity contribution in [1.29, 1.82) is 0 Å². The number of hydrogen-bond donors (Lipinski definition) is 1. The largest absolute Gasteiger partial charge is 0.477 e. The third kappa shape index (κ3) is 1.64. The Morgan fingerprint density at radius 3 is 3.06 bits per heavy atom. The van der Waals surface area contributed by atoms with Crippen LogP contribution in [0.25, 0.3) is 0 Å². The maximum Gasteiger partial charge on any atom is 0.354 e. The Bertz CT molecular complexity index is 488. The Labute approximate surface area is 91.7 Å². The fourth-order valence-electron chi connectivity index (χ4n) is 1.81. The van der Waals surface area contributed by atoms with Gasteiger partial charge in [-0.25, -0.2) is 14.2 Å². The molecule has 0 saturated heterocycles. The number of carboxylic acids is 1. The van der Waals surface area contributed by atoms with E-state index in [1.165, 1.54) is 17.0 Å². The Morgan fingerprint density at radius 2 is 2.44 bits per heavy atom. The van der Waals surface area contributed by atoms with Crippen LogP contribution in [0.3, 0.4) is 0 Å². The highest BCUT2D eigenvalue weighted by atomic mass is 19.1. The van der Waals surface area contributed by atoms with Crippen molar-refractivity contribution in [3.63, 3.8) is 0 Å².